The number of piperidine rings is 1. The second-order valence-electron chi connectivity index (χ2n) is 5.93. The van der Waals surface area contributed by atoms with Crippen LogP contribution in [0.15, 0.2) is 22.6 Å². The molecule has 3 rings (SSSR count). The molecule has 2 heterocycles. The van der Waals surface area contributed by atoms with E-state index in [0.29, 0.717) is 28.8 Å². The van der Waals surface area contributed by atoms with E-state index >= 15 is 0 Å². The van der Waals surface area contributed by atoms with Gasteiger partial charge in [0.2, 0.25) is 0 Å². The van der Waals surface area contributed by atoms with Crippen LogP contribution in [-0.4, -0.2) is 25.5 Å². The number of carbonyl (C=O) groups is 1. The third-order valence-electron chi connectivity index (χ3n) is 4.36. The first kappa shape index (κ1) is 18.1. The second-order valence-corrected chi connectivity index (χ2v) is 6.34. The van der Waals surface area contributed by atoms with E-state index in [9.17, 15) is 4.79 Å². The van der Waals surface area contributed by atoms with Crippen LogP contribution >= 0.6 is 24.0 Å². The number of aryl methyl sites for hydroxylation is 1. The van der Waals surface area contributed by atoms with E-state index in [4.69, 9.17) is 16.0 Å². The molecular formula is C17H22Cl2N2O2. The summed E-state index contributed by atoms with van der Waals surface area (Å²) in [6, 6.07) is 5.56. The van der Waals surface area contributed by atoms with Crippen molar-refractivity contribution in [2.45, 2.75) is 26.2 Å². The van der Waals surface area contributed by atoms with Crippen LogP contribution < -0.4 is 10.6 Å². The van der Waals surface area contributed by atoms with Crippen LogP contribution in [0.1, 0.15) is 35.4 Å². The average molecular weight is 357 g/mol. The van der Waals surface area contributed by atoms with Crippen molar-refractivity contribution in [3.8, 4) is 0 Å². The van der Waals surface area contributed by atoms with Crippen molar-refractivity contribution in [1.29, 1.82) is 0 Å². The first-order chi connectivity index (χ1) is 10.7. The largest absolute Gasteiger partial charge is 0.449 e. The molecule has 6 heteroatoms. The van der Waals surface area contributed by atoms with Crippen molar-refractivity contribution < 1.29 is 9.21 Å². The van der Waals surface area contributed by atoms with Crippen LogP contribution in [0, 0.1) is 12.8 Å². The Hall–Kier alpha value is -1.23. The van der Waals surface area contributed by atoms with Crippen molar-refractivity contribution in [3.05, 3.63) is 34.5 Å². The number of hydrogen-bond acceptors (Lipinski definition) is 3. The topological polar surface area (TPSA) is 54.3 Å². The van der Waals surface area contributed by atoms with Gasteiger partial charge in [-0.2, -0.15) is 0 Å². The molecule has 1 aromatic carbocycles. The fourth-order valence-electron chi connectivity index (χ4n) is 3.07. The summed E-state index contributed by atoms with van der Waals surface area (Å²) in [5.41, 5.74) is 1.43. The Balaban J connectivity index is 0.00000192. The molecule has 2 aromatic rings. The quantitative estimate of drug-likeness (QED) is 0.872. The van der Waals surface area contributed by atoms with Crippen molar-refractivity contribution in [2.75, 3.05) is 19.6 Å². The number of rotatable bonds is 4. The van der Waals surface area contributed by atoms with Gasteiger partial charge >= 0.3 is 0 Å². The Morgan fingerprint density at radius 3 is 3.00 bits per heavy atom. The molecule has 4 nitrogen and oxygen atoms in total. The molecule has 1 atom stereocenters. The first-order valence-corrected chi connectivity index (χ1v) is 8.21. The minimum atomic E-state index is -0.159. The third-order valence-corrected chi connectivity index (χ3v) is 4.66. The first-order valence-electron chi connectivity index (χ1n) is 7.83. The minimum Gasteiger partial charge on any atom is -0.449 e. The highest BCUT2D eigenvalue weighted by Gasteiger charge is 2.19. The number of hydrogen-bond donors (Lipinski definition) is 2. The number of para-hydroxylation sites is 1. The molecule has 0 radical (unpaired) electrons. The summed E-state index contributed by atoms with van der Waals surface area (Å²) in [4.78, 5) is 12.3. The van der Waals surface area contributed by atoms with Gasteiger partial charge in [0.05, 0.1) is 5.02 Å². The van der Waals surface area contributed by atoms with Crippen LogP contribution in [0.3, 0.4) is 0 Å². The molecule has 23 heavy (non-hydrogen) atoms. The summed E-state index contributed by atoms with van der Waals surface area (Å²) < 4.78 is 5.68. The molecule has 0 saturated carbocycles. The second kappa shape index (κ2) is 8.04. The molecule has 2 N–H and O–H groups in total. The van der Waals surface area contributed by atoms with Crippen molar-refractivity contribution in [1.82, 2.24) is 10.6 Å². The zero-order chi connectivity index (χ0) is 15.5. The molecule has 0 spiro atoms. The van der Waals surface area contributed by atoms with Crippen molar-refractivity contribution in [3.63, 3.8) is 0 Å². The number of nitrogens with one attached hydrogen (secondary N) is 2. The van der Waals surface area contributed by atoms with Gasteiger partial charge in [0.1, 0.15) is 0 Å². The van der Waals surface area contributed by atoms with E-state index in [-0.39, 0.29) is 18.3 Å². The van der Waals surface area contributed by atoms with Gasteiger partial charge in [0.25, 0.3) is 5.91 Å². The van der Waals surface area contributed by atoms with E-state index in [1.165, 1.54) is 12.8 Å². The summed E-state index contributed by atoms with van der Waals surface area (Å²) in [7, 11) is 0. The maximum absolute atomic E-state index is 12.3. The molecular weight excluding hydrogens is 335 g/mol. The van der Waals surface area contributed by atoms with Gasteiger partial charge in [-0.15, -0.1) is 12.4 Å². The lowest BCUT2D eigenvalue weighted by molar-refractivity contribution is 0.0924. The molecule has 0 aliphatic carbocycles. The standard InChI is InChI=1S/C17H21ClN2O2.ClH/c1-11-13-5-2-6-14(18)16(13)22-15(11)17(21)20-9-7-12-4-3-8-19-10-12;/h2,5-6,12,19H,3-4,7-10H2,1H3,(H,20,21);1H. The molecule has 126 valence electrons. The lowest BCUT2D eigenvalue weighted by Gasteiger charge is -2.22. The van der Waals surface area contributed by atoms with E-state index in [0.717, 1.165) is 30.5 Å². The number of furan rings is 1. The molecule has 1 aromatic heterocycles. The normalized spacial score (nSPS) is 17.7. The highest BCUT2D eigenvalue weighted by molar-refractivity contribution is 6.35. The Morgan fingerprint density at radius 2 is 2.30 bits per heavy atom. The zero-order valence-corrected chi connectivity index (χ0v) is 14.7. The fourth-order valence-corrected chi connectivity index (χ4v) is 3.28. The molecule has 1 saturated heterocycles. The van der Waals surface area contributed by atoms with Gasteiger partial charge < -0.3 is 15.1 Å². The van der Waals surface area contributed by atoms with Gasteiger partial charge in [-0.05, 0) is 51.3 Å². The smallest absolute Gasteiger partial charge is 0.287 e. The third kappa shape index (κ3) is 4.00. The summed E-state index contributed by atoms with van der Waals surface area (Å²) in [6.45, 7) is 4.73. The maximum atomic E-state index is 12.3. The van der Waals surface area contributed by atoms with E-state index in [2.05, 4.69) is 10.6 Å². The number of carbonyl (C=O) groups excluding carboxylic acids is 1. The average Bonchev–Trinajstić information content (AvgIpc) is 2.87. The Bertz CT molecular complexity index is 679. The fraction of sp³-hybridized carbons (Fsp3) is 0.471. The lowest BCUT2D eigenvalue weighted by Crippen LogP contribution is -2.33. The number of halogens is 2. The highest BCUT2D eigenvalue weighted by atomic mass is 35.5. The summed E-state index contributed by atoms with van der Waals surface area (Å²) >= 11 is 6.12. The monoisotopic (exact) mass is 356 g/mol. The summed E-state index contributed by atoms with van der Waals surface area (Å²) in [6.07, 6.45) is 3.46. The minimum absolute atomic E-state index is 0. The Labute approximate surface area is 147 Å². The van der Waals surface area contributed by atoms with Gasteiger partial charge in [0, 0.05) is 17.5 Å². The number of fused-ring (bicyclic) bond motifs is 1. The number of amides is 1. The number of benzene rings is 1. The predicted molar refractivity (Wildman–Crippen MR) is 95.8 cm³/mol. The van der Waals surface area contributed by atoms with Gasteiger partial charge in [-0.25, -0.2) is 0 Å². The van der Waals surface area contributed by atoms with Crippen LogP contribution in [0.5, 0.6) is 0 Å². The van der Waals surface area contributed by atoms with Gasteiger partial charge in [-0.3, -0.25) is 4.79 Å². The van der Waals surface area contributed by atoms with Crippen molar-refractivity contribution in [2.24, 2.45) is 5.92 Å². The van der Waals surface area contributed by atoms with Crippen LogP contribution in [0.4, 0.5) is 0 Å². The van der Waals surface area contributed by atoms with Gasteiger partial charge in [-0.1, -0.05) is 23.7 Å². The maximum Gasteiger partial charge on any atom is 0.287 e. The molecule has 1 amide bonds. The highest BCUT2D eigenvalue weighted by Crippen LogP contribution is 2.30. The molecule has 0 bridgehead atoms. The van der Waals surface area contributed by atoms with Crippen LogP contribution in [-0.2, 0) is 0 Å². The van der Waals surface area contributed by atoms with E-state index in [1.54, 1.807) is 6.07 Å². The molecule has 1 aliphatic rings. The Kier molecular flexibility index (Phi) is 6.33. The van der Waals surface area contributed by atoms with E-state index in [1.807, 2.05) is 19.1 Å². The van der Waals surface area contributed by atoms with Gasteiger partial charge in [0.15, 0.2) is 11.3 Å². The predicted octanol–water partition coefficient (Wildman–Crippen LogP) is 3.94. The Morgan fingerprint density at radius 1 is 1.48 bits per heavy atom. The summed E-state index contributed by atoms with van der Waals surface area (Å²) in [5.74, 6) is 0.860. The SMILES string of the molecule is Cc1c(C(=O)NCCC2CCCNC2)oc2c(Cl)cccc12.Cl. The van der Waals surface area contributed by atoms with Crippen LogP contribution in [0.2, 0.25) is 5.02 Å². The molecule has 1 aliphatic heterocycles. The zero-order valence-electron chi connectivity index (χ0n) is 13.2. The molecule has 1 unspecified atom stereocenters. The van der Waals surface area contributed by atoms with Crippen molar-refractivity contribution >= 4 is 40.9 Å². The van der Waals surface area contributed by atoms with Crippen LogP contribution in [0.25, 0.3) is 11.0 Å². The lowest BCUT2D eigenvalue weighted by atomic mass is 9.96. The molecule has 1 fully saturated rings. The summed E-state index contributed by atoms with van der Waals surface area (Å²) in [5, 5.41) is 7.79. The van der Waals surface area contributed by atoms with E-state index < -0.39 is 0 Å².